The summed E-state index contributed by atoms with van der Waals surface area (Å²) < 4.78 is 78.9. The molecule has 0 fully saturated rings. The number of aryl methyl sites for hydroxylation is 1. The first kappa shape index (κ1) is 18.1. The molecule has 1 aromatic carbocycles. The van der Waals surface area contributed by atoms with E-state index in [0.717, 1.165) is 24.5 Å². The summed E-state index contributed by atoms with van der Waals surface area (Å²) in [7, 11) is -4.22. The summed E-state index contributed by atoms with van der Waals surface area (Å²) in [6, 6.07) is 1.93. The molecule has 3 aromatic rings. The van der Waals surface area contributed by atoms with Crippen LogP contribution in [-0.4, -0.2) is 29.8 Å². The molecule has 0 amide bonds. The monoisotopic (exact) mass is 392 g/mol. The van der Waals surface area contributed by atoms with Gasteiger partial charge in [-0.05, 0) is 24.6 Å². The van der Waals surface area contributed by atoms with Crippen molar-refractivity contribution in [1.29, 1.82) is 0 Å². The van der Waals surface area contributed by atoms with E-state index >= 15 is 0 Å². The van der Waals surface area contributed by atoms with Crippen LogP contribution in [0.5, 0.6) is 0 Å². The lowest BCUT2D eigenvalue weighted by Crippen LogP contribution is -2.16. The second-order valence-corrected chi connectivity index (χ2v) is 7.09. The number of halogens is 4. The molecule has 0 unspecified atom stereocenters. The molecule has 0 bridgehead atoms. The Hall–Kier alpha value is -2.69. The van der Waals surface area contributed by atoms with Crippen molar-refractivity contribution in [3.05, 3.63) is 47.4 Å². The van der Waals surface area contributed by atoms with Crippen LogP contribution in [0.15, 0.2) is 29.4 Å². The van der Waals surface area contributed by atoms with Crippen molar-refractivity contribution in [3.8, 4) is 0 Å². The van der Waals surface area contributed by atoms with Gasteiger partial charge in [-0.3, -0.25) is 0 Å². The van der Waals surface area contributed by atoms with Crippen LogP contribution in [-0.2, 0) is 16.4 Å². The second-order valence-electron chi connectivity index (χ2n) is 5.44. The zero-order chi connectivity index (χ0) is 19.1. The van der Waals surface area contributed by atoms with Gasteiger partial charge in [0, 0.05) is 32.7 Å². The summed E-state index contributed by atoms with van der Waals surface area (Å²) in [6.07, 6.45) is -1.02. The maximum atomic E-state index is 13.7. The van der Waals surface area contributed by atoms with Crippen LogP contribution in [0.2, 0.25) is 0 Å². The van der Waals surface area contributed by atoms with Crippen LogP contribution >= 0.6 is 0 Å². The Bertz CT molecular complexity index is 1090. The average molecular weight is 392 g/mol. The quantitative estimate of drug-likeness (QED) is 0.649. The first-order chi connectivity index (χ1) is 12.2. The number of hydrogen-bond donors (Lipinski definition) is 2. The zero-order valence-corrected chi connectivity index (χ0v) is 14.0. The lowest BCUT2D eigenvalue weighted by atomic mass is 10.2. The van der Waals surface area contributed by atoms with Gasteiger partial charge >= 0.3 is 0 Å². The van der Waals surface area contributed by atoms with Crippen molar-refractivity contribution >= 4 is 26.9 Å². The Morgan fingerprint density at radius 1 is 1.31 bits per heavy atom. The SMILES string of the molecule is Cc1nc(NS(=O)(=O)c2c[nH]c3c(F)c(F)ccc23)ncc1CC(F)F.[HH].[HH]. The van der Waals surface area contributed by atoms with Gasteiger partial charge in [-0.2, -0.15) is 0 Å². The Balaban J connectivity index is 0.00000196. The number of hydrogen-bond acceptors (Lipinski definition) is 4. The van der Waals surface area contributed by atoms with E-state index in [1.807, 2.05) is 0 Å². The summed E-state index contributed by atoms with van der Waals surface area (Å²) in [5.41, 5.74) is 0.0902. The maximum absolute atomic E-state index is 13.7. The number of aromatic amines is 1. The number of anilines is 1. The number of H-pyrrole nitrogens is 1. The molecule has 0 saturated carbocycles. The Morgan fingerprint density at radius 2 is 2.04 bits per heavy atom. The molecule has 0 atom stereocenters. The van der Waals surface area contributed by atoms with E-state index in [9.17, 15) is 26.0 Å². The minimum absolute atomic E-state index is 0. The number of nitrogens with zero attached hydrogens (tertiary/aromatic N) is 2. The van der Waals surface area contributed by atoms with Gasteiger partial charge < -0.3 is 4.98 Å². The highest BCUT2D eigenvalue weighted by Gasteiger charge is 2.23. The van der Waals surface area contributed by atoms with E-state index in [1.165, 1.54) is 6.92 Å². The third kappa shape index (κ3) is 3.34. The van der Waals surface area contributed by atoms with Gasteiger partial charge in [0.15, 0.2) is 11.6 Å². The minimum atomic E-state index is -4.22. The fraction of sp³-hybridized carbons (Fsp3) is 0.200. The number of aromatic nitrogens is 3. The van der Waals surface area contributed by atoms with E-state index in [-0.39, 0.29) is 35.9 Å². The maximum Gasteiger partial charge on any atom is 0.266 e. The molecular formula is C15H16F4N4O2S. The normalized spacial score (nSPS) is 12.1. The Kier molecular flexibility index (Phi) is 4.57. The molecule has 142 valence electrons. The van der Waals surface area contributed by atoms with Crippen LogP contribution in [0.4, 0.5) is 23.5 Å². The third-order valence-corrected chi connectivity index (χ3v) is 5.05. The van der Waals surface area contributed by atoms with Crippen molar-refractivity contribution in [2.24, 2.45) is 0 Å². The fourth-order valence-electron chi connectivity index (χ4n) is 2.42. The van der Waals surface area contributed by atoms with E-state index < -0.39 is 34.5 Å². The van der Waals surface area contributed by atoms with E-state index in [0.29, 0.717) is 0 Å². The topological polar surface area (TPSA) is 87.7 Å². The summed E-state index contributed by atoms with van der Waals surface area (Å²) >= 11 is 0. The van der Waals surface area contributed by atoms with Crippen LogP contribution in [0.3, 0.4) is 0 Å². The van der Waals surface area contributed by atoms with Crippen LogP contribution in [0.1, 0.15) is 14.1 Å². The number of sulfonamides is 1. The molecular weight excluding hydrogens is 376 g/mol. The molecule has 0 aliphatic rings. The highest BCUT2D eigenvalue weighted by atomic mass is 32.2. The second kappa shape index (κ2) is 6.56. The number of nitrogens with one attached hydrogen (secondary N) is 2. The molecule has 0 radical (unpaired) electrons. The number of benzene rings is 1. The molecule has 26 heavy (non-hydrogen) atoms. The standard InChI is InChI=1S/C15H12F4N4O2S.2H2/c1-7-8(4-12(17)18)5-21-15(22-7)23-26(24,25)11-6-20-14-9(11)2-3-10(16)13(14)19;;/h2-3,5-6,12,20H,4H2,1H3,(H,21,22,23);2*1H. The lowest BCUT2D eigenvalue weighted by Gasteiger charge is -2.09. The number of alkyl halides is 2. The predicted octanol–water partition coefficient (Wildman–Crippen LogP) is 3.64. The minimum Gasteiger partial charge on any atom is -0.357 e. The first-order valence-corrected chi connectivity index (χ1v) is 8.76. The number of fused-ring (bicyclic) bond motifs is 1. The van der Waals surface area contributed by atoms with E-state index in [2.05, 4.69) is 19.7 Å². The van der Waals surface area contributed by atoms with Gasteiger partial charge in [0.2, 0.25) is 12.4 Å². The first-order valence-electron chi connectivity index (χ1n) is 7.27. The van der Waals surface area contributed by atoms with Gasteiger partial charge in [0.25, 0.3) is 10.0 Å². The van der Waals surface area contributed by atoms with Crippen molar-refractivity contribution in [2.75, 3.05) is 4.72 Å². The van der Waals surface area contributed by atoms with E-state index in [1.54, 1.807) is 0 Å². The molecule has 2 N–H and O–H groups in total. The van der Waals surface area contributed by atoms with Crippen molar-refractivity contribution in [2.45, 2.75) is 24.7 Å². The summed E-state index contributed by atoms with van der Waals surface area (Å²) in [4.78, 5) is 9.62. The Morgan fingerprint density at radius 3 is 2.69 bits per heavy atom. The molecule has 2 aromatic heterocycles. The van der Waals surface area contributed by atoms with Crippen molar-refractivity contribution in [1.82, 2.24) is 15.0 Å². The van der Waals surface area contributed by atoms with Gasteiger partial charge in [-0.15, -0.1) is 0 Å². The molecule has 0 aliphatic heterocycles. The summed E-state index contributed by atoms with van der Waals surface area (Å²) in [5.74, 6) is -2.64. The van der Waals surface area contributed by atoms with Crippen molar-refractivity contribution < 1.29 is 28.8 Å². The van der Waals surface area contributed by atoms with Crippen LogP contribution in [0, 0.1) is 18.6 Å². The van der Waals surface area contributed by atoms with Crippen LogP contribution in [0.25, 0.3) is 10.9 Å². The number of rotatable bonds is 5. The molecule has 0 spiro atoms. The summed E-state index contributed by atoms with van der Waals surface area (Å²) in [6.45, 7) is 1.45. The summed E-state index contributed by atoms with van der Waals surface area (Å²) in [5, 5.41) is -0.0533. The fourth-order valence-corrected chi connectivity index (χ4v) is 3.54. The molecule has 6 nitrogen and oxygen atoms in total. The largest absolute Gasteiger partial charge is 0.357 e. The highest BCUT2D eigenvalue weighted by Crippen LogP contribution is 2.27. The van der Waals surface area contributed by atoms with Gasteiger partial charge in [-0.25, -0.2) is 40.7 Å². The zero-order valence-electron chi connectivity index (χ0n) is 13.2. The highest BCUT2D eigenvalue weighted by molar-refractivity contribution is 7.93. The lowest BCUT2D eigenvalue weighted by molar-refractivity contribution is 0.148. The van der Waals surface area contributed by atoms with E-state index in [4.69, 9.17) is 0 Å². The molecule has 0 aliphatic carbocycles. The Labute approximate surface area is 148 Å². The molecule has 11 heteroatoms. The smallest absolute Gasteiger partial charge is 0.266 e. The van der Waals surface area contributed by atoms with Gasteiger partial charge in [0.05, 0.1) is 5.52 Å². The third-order valence-electron chi connectivity index (χ3n) is 3.68. The van der Waals surface area contributed by atoms with Gasteiger partial charge in [-0.1, -0.05) is 0 Å². The van der Waals surface area contributed by atoms with Gasteiger partial charge in [0.1, 0.15) is 4.90 Å². The molecule has 0 saturated heterocycles. The average Bonchev–Trinajstić information content (AvgIpc) is 2.98. The molecule has 3 rings (SSSR count). The molecule has 2 heterocycles. The van der Waals surface area contributed by atoms with Crippen molar-refractivity contribution in [3.63, 3.8) is 0 Å². The van der Waals surface area contributed by atoms with Crippen LogP contribution < -0.4 is 4.72 Å². The predicted molar refractivity (Wildman–Crippen MR) is 89.7 cm³/mol.